The molecule has 3 aromatic rings. The van der Waals surface area contributed by atoms with Gasteiger partial charge in [-0.15, -0.1) is 0 Å². The van der Waals surface area contributed by atoms with Crippen molar-refractivity contribution in [2.45, 2.75) is 13.3 Å². The summed E-state index contributed by atoms with van der Waals surface area (Å²) in [5, 5.41) is 4.78. The number of carbonyl (C=O) groups excluding carboxylic acids is 2. The normalized spacial score (nSPS) is 10.4. The Bertz CT molecular complexity index is 976. The van der Waals surface area contributed by atoms with E-state index in [0.717, 1.165) is 21.9 Å². The van der Waals surface area contributed by atoms with Crippen molar-refractivity contribution in [1.82, 2.24) is 0 Å². The number of benzene rings is 3. The first-order valence-electron chi connectivity index (χ1n) is 8.63. The summed E-state index contributed by atoms with van der Waals surface area (Å²) >= 11 is 0. The molecule has 1 amide bonds. The van der Waals surface area contributed by atoms with E-state index in [-0.39, 0.29) is 13.0 Å². The van der Waals surface area contributed by atoms with Gasteiger partial charge < -0.3 is 14.8 Å². The standard InChI is InChI=1S/C22H21NO4/c1-15-10-11-20(26-2)19(12-15)23-21(24)14-27-22(25)13-17-8-5-7-16-6-3-4-9-18(16)17/h3-12H,13-14H2,1-2H3,(H,23,24). The Balaban J connectivity index is 1.59. The number of methoxy groups -OCH3 is 1. The highest BCUT2D eigenvalue weighted by atomic mass is 16.5. The van der Waals surface area contributed by atoms with Gasteiger partial charge in [-0.25, -0.2) is 0 Å². The van der Waals surface area contributed by atoms with Crippen LogP contribution in [0.4, 0.5) is 5.69 Å². The number of hydrogen-bond donors (Lipinski definition) is 1. The van der Waals surface area contributed by atoms with Crippen LogP contribution in [0, 0.1) is 6.92 Å². The van der Waals surface area contributed by atoms with E-state index in [2.05, 4.69) is 5.32 Å². The molecule has 0 spiro atoms. The molecule has 3 aromatic carbocycles. The van der Waals surface area contributed by atoms with Gasteiger partial charge in [-0.2, -0.15) is 0 Å². The molecule has 5 heteroatoms. The molecule has 5 nitrogen and oxygen atoms in total. The van der Waals surface area contributed by atoms with Crippen molar-refractivity contribution in [3.63, 3.8) is 0 Å². The minimum Gasteiger partial charge on any atom is -0.495 e. The maximum atomic E-state index is 12.2. The van der Waals surface area contributed by atoms with Gasteiger partial charge in [-0.3, -0.25) is 9.59 Å². The van der Waals surface area contributed by atoms with Crippen molar-refractivity contribution in [2.24, 2.45) is 0 Å². The van der Waals surface area contributed by atoms with Crippen molar-refractivity contribution in [3.8, 4) is 5.75 Å². The molecule has 0 bridgehead atoms. The highest BCUT2D eigenvalue weighted by Gasteiger charge is 2.12. The van der Waals surface area contributed by atoms with Gasteiger partial charge in [0.1, 0.15) is 5.75 Å². The molecule has 0 aromatic heterocycles. The highest BCUT2D eigenvalue weighted by molar-refractivity contribution is 5.95. The van der Waals surface area contributed by atoms with E-state index in [1.807, 2.05) is 55.5 Å². The van der Waals surface area contributed by atoms with Gasteiger partial charge in [0.25, 0.3) is 5.91 Å². The molecule has 0 saturated heterocycles. The topological polar surface area (TPSA) is 64.6 Å². The monoisotopic (exact) mass is 363 g/mol. The fourth-order valence-electron chi connectivity index (χ4n) is 2.91. The van der Waals surface area contributed by atoms with E-state index in [1.54, 1.807) is 12.1 Å². The van der Waals surface area contributed by atoms with Crippen molar-refractivity contribution < 1.29 is 19.1 Å². The van der Waals surface area contributed by atoms with Crippen molar-refractivity contribution in [1.29, 1.82) is 0 Å². The average Bonchev–Trinajstić information content (AvgIpc) is 2.67. The largest absolute Gasteiger partial charge is 0.495 e. The second-order valence-electron chi connectivity index (χ2n) is 6.23. The summed E-state index contributed by atoms with van der Waals surface area (Å²) < 4.78 is 10.4. The third-order valence-corrected chi connectivity index (χ3v) is 4.21. The molecule has 0 radical (unpaired) electrons. The SMILES string of the molecule is COc1ccc(C)cc1NC(=O)COC(=O)Cc1cccc2ccccc12. The number of nitrogens with one attached hydrogen (secondary N) is 1. The lowest BCUT2D eigenvalue weighted by Gasteiger charge is -2.11. The van der Waals surface area contributed by atoms with Gasteiger partial charge in [0.05, 0.1) is 19.2 Å². The van der Waals surface area contributed by atoms with Crippen LogP contribution >= 0.6 is 0 Å². The molecular formula is C22H21NO4. The van der Waals surface area contributed by atoms with E-state index in [1.165, 1.54) is 7.11 Å². The van der Waals surface area contributed by atoms with Crippen LogP contribution in [0.3, 0.4) is 0 Å². The first-order valence-corrected chi connectivity index (χ1v) is 8.63. The number of hydrogen-bond acceptors (Lipinski definition) is 4. The molecule has 27 heavy (non-hydrogen) atoms. The van der Waals surface area contributed by atoms with Crippen LogP contribution in [0.2, 0.25) is 0 Å². The summed E-state index contributed by atoms with van der Waals surface area (Å²) in [4.78, 5) is 24.3. The van der Waals surface area contributed by atoms with Crippen LogP contribution in [0.25, 0.3) is 10.8 Å². The molecule has 0 atom stereocenters. The van der Waals surface area contributed by atoms with E-state index in [4.69, 9.17) is 9.47 Å². The second kappa shape index (κ2) is 8.36. The number of anilines is 1. The van der Waals surface area contributed by atoms with Crippen LogP contribution in [-0.4, -0.2) is 25.6 Å². The first kappa shape index (κ1) is 18.5. The molecule has 0 aliphatic carbocycles. The summed E-state index contributed by atoms with van der Waals surface area (Å²) in [5.74, 6) is -0.307. The molecule has 0 fully saturated rings. The van der Waals surface area contributed by atoms with Crippen molar-refractivity contribution >= 4 is 28.3 Å². The molecule has 0 aliphatic heterocycles. The van der Waals surface area contributed by atoms with E-state index in [0.29, 0.717) is 11.4 Å². The Hall–Kier alpha value is -3.34. The highest BCUT2D eigenvalue weighted by Crippen LogP contribution is 2.25. The lowest BCUT2D eigenvalue weighted by Crippen LogP contribution is -2.22. The Morgan fingerprint density at radius 2 is 1.78 bits per heavy atom. The van der Waals surface area contributed by atoms with Crippen molar-refractivity contribution in [2.75, 3.05) is 19.0 Å². The molecule has 1 N–H and O–H groups in total. The second-order valence-corrected chi connectivity index (χ2v) is 6.23. The van der Waals surface area contributed by atoms with Gasteiger partial charge >= 0.3 is 5.97 Å². The zero-order valence-corrected chi connectivity index (χ0v) is 15.3. The predicted molar refractivity (Wildman–Crippen MR) is 105 cm³/mol. The maximum absolute atomic E-state index is 12.2. The molecule has 0 saturated carbocycles. The number of esters is 1. The van der Waals surface area contributed by atoms with E-state index >= 15 is 0 Å². The number of aryl methyl sites for hydroxylation is 1. The molecular weight excluding hydrogens is 342 g/mol. The van der Waals surface area contributed by atoms with Gasteiger partial charge in [-0.05, 0) is 41.0 Å². The summed E-state index contributed by atoms with van der Waals surface area (Å²) in [6.07, 6.45) is 0.113. The number of ether oxygens (including phenoxy) is 2. The summed E-state index contributed by atoms with van der Waals surface area (Å²) in [7, 11) is 1.53. The minimum absolute atomic E-state index is 0.113. The van der Waals surface area contributed by atoms with E-state index in [9.17, 15) is 9.59 Å². The van der Waals surface area contributed by atoms with Crippen LogP contribution < -0.4 is 10.1 Å². The molecule has 0 aliphatic rings. The summed E-state index contributed by atoms with van der Waals surface area (Å²) in [5.41, 5.74) is 2.41. The Kier molecular flexibility index (Phi) is 5.71. The number of rotatable bonds is 6. The lowest BCUT2D eigenvalue weighted by molar-refractivity contribution is -0.146. The minimum atomic E-state index is -0.447. The number of amides is 1. The van der Waals surface area contributed by atoms with Crippen LogP contribution in [0.5, 0.6) is 5.75 Å². The summed E-state index contributed by atoms with van der Waals surface area (Å²) in [6.45, 7) is 1.57. The summed E-state index contributed by atoms with van der Waals surface area (Å²) in [6, 6.07) is 19.1. The molecule has 0 heterocycles. The predicted octanol–water partition coefficient (Wildman–Crippen LogP) is 3.88. The third-order valence-electron chi connectivity index (χ3n) is 4.21. The average molecular weight is 363 g/mol. The fraction of sp³-hybridized carbons (Fsp3) is 0.182. The Morgan fingerprint density at radius 3 is 2.59 bits per heavy atom. The lowest BCUT2D eigenvalue weighted by atomic mass is 10.0. The van der Waals surface area contributed by atoms with Crippen LogP contribution in [0.15, 0.2) is 60.7 Å². The van der Waals surface area contributed by atoms with Crippen LogP contribution in [-0.2, 0) is 20.7 Å². The Morgan fingerprint density at radius 1 is 1.00 bits per heavy atom. The maximum Gasteiger partial charge on any atom is 0.310 e. The van der Waals surface area contributed by atoms with Crippen LogP contribution in [0.1, 0.15) is 11.1 Å². The molecule has 0 unspecified atom stereocenters. The fourth-order valence-corrected chi connectivity index (χ4v) is 2.91. The van der Waals surface area contributed by atoms with Gasteiger partial charge in [0, 0.05) is 0 Å². The first-order chi connectivity index (χ1) is 13.1. The van der Waals surface area contributed by atoms with Gasteiger partial charge in [0.2, 0.25) is 0 Å². The smallest absolute Gasteiger partial charge is 0.310 e. The molecule has 138 valence electrons. The molecule has 3 rings (SSSR count). The zero-order chi connectivity index (χ0) is 19.2. The van der Waals surface area contributed by atoms with Crippen molar-refractivity contribution in [3.05, 3.63) is 71.8 Å². The zero-order valence-electron chi connectivity index (χ0n) is 15.3. The van der Waals surface area contributed by atoms with Gasteiger partial charge in [0.15, 0.2) is 6.61 Å². The number of carbonyl (C=O) groups is 2. The quantitative estimate of drug-likeness (QED) is 0.675. The third kappa shape index (κ3) is 4.64. The van der Waals surface area contributed by atoms with Gasteiger partial charge in [-0.1, -0.05) is 48.5 Å². The Labute approximate surface area is 157 Å². The number of fused-ring (bicyclic) bond motifs is 1. The van der Waals surface area contributed by atoms with E-state index < -0.39 is 11.9 Å².